The zero-order valence-electron chi connectivity index (χ0n) is 22.5. The summed E-state index contributed by atoms with van der Waals surface area (Å²) in [6, 6.07) is 22.2. The summed E-state index contributed by atoms with van der Waals surface area (Å²) in [5.74, 6) is 0.644. The zero-order valence-corrected chi connectivity index (χ0v) is 22.5. The van der Waals surface area contributed by atoms with Crippen LogP contribution in [0, 0.1) is 0 Å². The number of piperazine rings is 1. The SMILES string of the molecule is COC(=O)CC1c2ccccc2N=C(N2CCN(CCN(C)C)CC2)N1c1ccc(-c2ccccn2)cc1. The summed E-state index contributed by atoms with van der Waals surface area (Å²) < 4.78 is 5.13. The number of rotatable bonds is 7. The van der Waals surface area contributed by atoms with Crippen LogP contribution in [-0.2, 0) is 9.53 Å². The lowest BCUT2D eigenvalue weighted by Crippen LogP contribution is -2.55. The molecule has 38 heavy (non-hydrogen) atoms. The van der Waals surface area contributed by atoms with Crippen LogP contribution in [0.4, 0.5) is 11.4 Å². The molecule has 1 fully saturated rings. The molecule has 2 aliphatic heterocycles. The Morgan fingerprint density at radius 3 is 2.39 bits per heavy atom. The number of methoxy groups -OCH3 is 1. The Morgan fingerprint density at radius 1 is 0.974 bits per heavy atom. The Balaban J connectivity index is 1.49. The molecular weight excluding hydrogens is 476 g/mol. The van der Waals surface area contributed by atoms with Gasteiger partial charge in [0.15, 0.2) is 0 Å². The quantitative estimate of drug-likeness (QED) is 0.443. The molecule has 0 saturated carbocycles. The molecule has 0 N–H and O–H groups in total. The topological polar surface area (TPSA) is 64.5 Å². The molecule has 5 rings (SSSR count). The molecule has 1 saturated heterocycles. The third kappa shape index (κ3) is 5.71. The minimum absolute atomic E-state index is 0.223. The third-order valence-electron chi connectivity index (χ3n) is 7.26. The average molecular weight is 513 g/mol. The van der Waals surface area contributed by atoms with Crippen molar-refractivity contribution in [2.45, 2.75) is 12.5 Å². The van der Waals surface area contributed by atoms with E-state index in [1.165, 1.54) is 7.11 Å². The fourth-order valence-electron chi connectivity index (χ4n) is 5.11. The smallest absolute Gasteiger partial charge is 0.307 e. The van der Waals surface area contributed by atoms with Gasteiger partial charge in [-0.3, -0.25) is 14.7 Å². The van der Waals surface area contributed by atoms with Crippen LogP contribution >= 0.6 is 0 Å². The maximum atomic E-state index is 12.6. The molecule has 8 nitrogen and oxygen atoms in total. The maximum absolute atomic E-state index is 12.6. The lowest BCUT2D eigenvalue weighted by Gasteiger charge is -2.45. The third-order valence-corrected chi connectivity index (χ3v) is 7.26. The Morgan fingerprint density at radius 2 is 1.71 bits per heavy atom. The van der Waals surface area contributed by atoms with Crippen molar-refractivity contribution in [3.05, 3.63) is 78.5 Å². The van der Waals surface area contributed by atoms with Crippen LogP contribution in [0.5, 0.6) is 0 Å². The number of fused-ring (bicyclic) bond motifs is 1. The van der Waals surface area contributed by atoms with Crippen LogP contribution in [0.3, 0.4) is 0 Å². The van der Waals surface area contributed by atoms with Gasteiger partial charge in [0, 0.05) is 62.3 Å². The number of para-hydroxylation sites is 1. The Labute approximate surface area is 225 Å². The number of anilines is 1. The molecule has 0 spiro atoms. The number of aliphatic imine (C=N–C) groups is 1. The number of hydrogen-bond acceptors (Lipinski definition) is 8. The zero-order chi connectivity index (χ0) is 26.5. The lowest BCUT2D eigenvalue weighted by atomic mass is 9.97. The Kier molecular flexibility index (Phi) is 8.00. The van der Waals surface area contributed by atoms with Gasteiger partial charge in [-0.1, -0.05) is 36.4 Å². The van der Waals surface area contributed by atoms with Crippen LogP contribution < -0.4 is 4.90 Å². The van der Waals surface area contributed by atoms with Crippen molar-refractivity contribution in [3.8, 4) is 11.3 Å². The standard InChI is InChI=1S/C30H36N6O2/c1-33(2)16-17-34-18-20-35(21-19-34)30-32-27-10-5-4-8-25(27)28(22-29(37)38-3)36(30)24-13-11-23(12-14-24)26-9-6-7-15-31-26/h4-15,28H,16-22H2,1-3H3. The van der Waals surface area contributed by atoms with E-state index in [0.29, 0.717) is 0 Å². The van der Waals surface area contributed by atoms with Crippen LogP contribution in [0.25, 0.3) is 11.3 Å². The predicted octanol–water partition coefficient (Wildman–Crippen LogP) is 4.04. The van der Waals surface area contributed by atoms with Gasteiger partial charge in [-0.2, -0.15) is 0 Å². The molecule has 0 aliphatic carbocycles. The van der Waals surface area contributed by atoms with Crippen molar-refractivity contribution in [1.29, 1.82) is 0 Å². The van der Waals surface area contributed by atoms with Crippen LogP contribution in [0.1, 0.15) is 18.0 Å². The van der Waals surface area contributed by atoms with Gasteiger partial charge in [0.1, 0.15) is 0 Å². The van der Waals surface area contributed by atoms with Gasteiger partial charge in [0.25, 0.3) is 0 Å². The number of esters is 1. The number of benzene rings is 2. The van der Waals surface area contributed by atoms with Crippen LogP contribution in [0.2, 0.25) is 0 Å². The highest BCUT2D eigenvalue weighted by molar-refractivity contribution is 6.01. The molecule has 198 valence electrons. The first-order valence-electron chi connectivity index (χ1n) is 13.2. The van der Waals surface area contributed by atoms with Crippen molar-refractivity contribution in [3.63, 3.8) is 0 Å². The van der Waals surface area contributed by atoms with E-state index >= 15 is 0 Å². The second-order valence-corrected chi connectivity index (χ2v) is 10.0. The number of ether oxygens (including phenoxy) is 1. The van der Waals surface area contributed by atoms with Gasteiger partial charge in [-0.05, 0) is 44.4 Å². The van der Waals surface area contributed by atoms with Gasteiger partial charge in [-0.15, -0.1) is 0 Å². The van der Waals surface area contributed by atoms with E-state index < -0.39 is 0 Å². The summed E-state index contributed by atoms with van der Waals surface area (Å²) in [4.78, 5) is 31.6. The molecule has 2 aliphatic rings. The van der Waals surface area contributed by atoms with E-state index in [4.69, 9.17) is 9.73 Å². The molecule has 1 atom stereocenters. The molecule has 8 heteroatoms. The fraction of sp³-hybridized carbons (Fsp3) is 0.367. The van der Waals surface area contributed by atoms with Crippen molar-refractivity contribution >= 4 is 23.3 Å². The maximum Gasteiger partial charge on any atom is 0.307 e. The van der Waals surface area contributed by atoms with E-state index in [2.05, 4.69) is 69.0 Å². The number of likely N-dealkylation sites (N-methyl/N-ethyl adjacent to an activating group) is 1. The minimum Gasteiger partial charge on any atom is -0.469 e. The van der Waals surface area contributed by atoms with Crippen LogP contribution in [0.15, 0.2) is 77.9 Å². The molecule has 0 amide bonds. The van der Waals surface area contributed by atoms with Crippen molar-refractivity contribution in [1.82, 2.24) is 19.7 Å². The molecule has 0 bridgehead atoms. The number of guanidine groups is 1. The Hall–Kier alpha value is -3.75. The predicted molar refractivity (Wildman–Crippen MR) is 152 cm³/mol. The van der Waals surface area contributed by atoms with E-state index in [1.54, 1.807) is 6.20 Å². The molecular formula is C30H36N6O2. The second kappa shape index (κ2) is 11.8. The normalized spacial score (nSPS) is 17.8. The van der Waals surface area contributed by atoms with Gasteiger partial charge in [0.2, 0.25) is 5.96 Å². The summed E-state index contributed by atoms with van der Waals surface area (Å²) in [6.07, 6.45) is 2.04. The van der Waals surface area contributed by atoms with E-state index in [9.17, 15) is 4.79 Å². The highest BCUT2D eigenvalue weighted by Crippen LogP contribution is 2.41. The molecule has 1 aromatic heterocycles. The minimum atomic E-state index is -0.241. The summed E-state index contributed by atoms with van der Waals surface area (Å²) in [5.41, 5.74) is 4.90. The van der Waals surface area contributed by atoms with Gasteiger partial charge < -0.3 is 19.4 Å². The number of carbonyl (C=O) groups is 1. The Bertz CT molecular complexity index is 1250. The number of pyridine rings is 1. The summed E-state index contributed by atoms with van der Waals surface area (Å²) in [5, 5.41) is 0. The first kappa shape index (κ1) is 25.9. The van der Waals surface area contributed by atoms with Crippen molar-refractivity contribution in [2.24, 2.45) is 4.99 Å². The number of carbonyl (C=O) groups excluding carboxylic acids is 1. The largest absolute Gasteiger partial charge is 0.469 e. The molecule has 3 heterocycles. The lowest BCUT2D eigenvalue weighted by molar-refractivity contribution is -0.141. The van der Waals surface area contributed by atoms with Crippen molar-refractivity contribution in [2.75, 3.05) is 65.4 Å². The van der Waals surface area contributed by atoms with Crippen molar-refractivity contribution < 1.29 is 9.53 Å². The first-order valence-corrected chi connectivity index (χ1v) is 13.2. The molecule has 0 radical (unpaired) electrons. The number of nitrogens with zero attached hydrogens (tertiary/aromatic N) is 6. The molecule has 3 aromatic rings. The van der Waals surface area contributed by atoms with Gasteiger partial charge in [-0.25, -0.2) is 4.99 Å². The number of aromatic nitrogens is 1. The van der Waals surface area contributed by atoms with E-state index in [0.717, 1.165) is 73.4 Å². The molecule has 2 aromatic carbocycles. The van der Waals surface area contributed by atoms with E-state index in [1.807, 2.05) is 36.4 Å². The van der Waals surface area contributed by atoms with Gasteiger partial charge in [0.05, 0.1) is 31.0 Å². The first-order chi connectivity index (χ1) is 18.5. The summed E-state index contributed by atoms with van der Waals surface area (Å²) in [6.45, 7) is 5.80. The highest BCUT2D eigenvalue weighted by Gasteiger charge is 2.36. The van der Waals surface area contributed by atoms with Crippen LogP contribution in [-0.4, -0.2) is 92.1 Å². The number of hydrogen-bond donors (Lipinski definition) is 0. The molecule has 1 unspecified atom stereocenters. The fourth-order valence-corrected chi connectivity index (χ4v) is 5.11. The average Bonchev–Trinajstić information content (AvgIpc) is 2.96. The van der Waals surface area contributed by atoms with E-state index in [-0.39, 0.29) is 18.4 Å². The monoisotopic (exact) mass is 512 g/mol. The van der Waals surface area contributed by atoms with Gasteiger partial charge >= 0.3 is 5.97 Å². The highest BCUT2D eigenvalue weighted by atomic mass is 16.5. The summed E-state index contributed by atoms with van der Waals surface area (Å²) in [7, 11) is 5.68. The summed E-state index contributed by atoms with van der Waals surface area (Å²) >= 11 is 0. The second-order valence-electron chi connectivity index (χ2n) is 10.0.